The highest BCUT2D eigenvalue weighted by Crippen LogP contribution is 2.23. The van der Waals surface area contributed by atoms with Gasteiger partial charge in [0.05, 0.1) is 6.54 Å². The molecule has 19 heavy (non-hydrogen) atoms. The summed E-state index contributed by atoms with van der Waals surface area (Å²) >= 11 is 0. The molecule has 1 aliphatic carbocycles. The van der Waals surface area contributed by atoms with Crippen molar-refractivity contribution in [2.45, 2.75) is 52.9 Å². The lowest BCUT2D eigenvalue weighted by atomic mass is 9.89. The molecule has 0 aromatic heterocycles. The van der Waals surface area contributed by atoms with Crippen LogP contribution in [0.5, 0.6) is 0 Å². The van der Waals surface area contributed by atoms with Crippen molar-refractivity contribution in [2.24, 2.45) is 11.8 Å². The van der Waals surface area contributed by atoms with E-state index >= 15 is 0 Å². The fourth-order valence-electron chi connectivity index (χ4n) is 1.94. The lowest BCUT2D eigenvalue weighted by Crippen LogP contribution is -2.40. The molecule has 0 aliphatic heterocycles. The smallest absolute Gasteiger partial charge is 0.238 e. The SMILES string of the molecule is BCNC(=O)CNC(=O)C1CCCCC1.CC(C)C. The van der Waals surface area contributed by atoms with Crippen molar-refractivity contribution in [1.82, 2.24) is 10.6 Å². The van der Waals surface area contributed by atoms with Crippen molar-refractivity contribution < 1.29 is 9.59 Å². The Morgan fingerprint density at radius 2 is 1.63 bits per heavy atom. The number of carbonyl (C=O) groups excluding carboxylic acids is 2. The van der Waals surface area contributed by atoms with Gasteiger partial charge in [0.1, 0.15) is 7.85 Å². The molecule has 1 saturated carbocycles. The highest BCUT2D eigenvalue weighted by atomic mass is 16.2. The van der Waals surface area contributed by atoms with Gasteiger partial charge in [-0.2, -0.15) is 0 Å². The summed E-state index contributed by atoms with van der Waals surface area (Å²) in [5.74, 6) is 0.899. The van der Waals surface area contributed by atoms with Crippen LogP contribution in [0.1, 0.15) is 52.9 Å². The third-order valence-electron chi connectivity index (χ3n) is 2.77. The van der Waals surface area contributed by atoms with Crippen molar-refractivity contribution in [3.05, 3.63) is 0 Å². The molecule has 0 heterocycles. The molecule has 0 atom stereocenters. The molecule has 5 heteroatoms. The Labute approximate surface area is 118 Å². The fourth-order valence-corrected chi connectivity index (χ4v) is 1.94. The fraction of sp³-hybridized carbons (Fsp3) is 0.857. The molecule has 1 fully saturated rings. The molecule has 2 amide bonds. The number of amides is 2. The monoisotopic (exact) mass is 268 g/mol. The molecule has 0 aromatic rings. The Balaban J connectivity index is 0.000000711. The Kier molecular flexibility index (Phi) is 10.3. The van der Waals surface area contributed by atoms with Crippen LogP contribution in [0.3, 0.4) is 0 Å². The van der Waals surface area contributed by atoms with Gasteiger partial charge in [-0.1, -0.05) is 40.0 Å². The summed E-state index contributed by atoms with van der Waals surface area (Å²) in [5.41, 5.74) is 0. The summed E-state index contributed by atoms with van der Waals surface area (Å²) < 4.78 is 0. The van der Waals surface area contributed by atoms with Crippen molar-refractivity contribution in [3.8, 4) is 0 Å². The van der Waals surface area contributed by atoms with E-state index in [4.69, 9.17) is 0 Å². The van der Waals surface area contributed by atoms with Gasteiger partial charge in [0, 0.05) is 5.92 Å². The molecule has 0 bridgehead atoms. The summed E-state index contributed by atoms with van der Waals surface area (Å²) in [6, 6.07) is 0. The Morgan fingerprint density at radius 1 is 1.11 bits per heavy atom. The Bertz CT molecular complexity index is 261. The van der Waals surface area contributed by atoms with Gasteiger partial charge in [0.2, 0.25) is 11.8 Å². The number of nitrogens with one attached hydrogen (secondary N) is 2. The van der Waals surface area contributed by atoms with Gasteiger partial charge >= 0.3 is 0 Å². The Hall–Kier alpha value is -0.995. The minimum atomic E-state index is -0.110. The van der Waals surface area contributed by atoms with Gasteiger partial charge in [-0.05, 0) is 25.2 Å². The van der Waals surface area contributed by atoms with Gasteiger partial charge < -0.3 is 10.6 Å². The summed E-state index contributed by atoms with van der Waals surface area (Å²) in [6.45, 7) is 6.61. The van der Waals surface area contributed by atoms with Crippen molar-refractivity contribution in [3.63, 3.8) is 0 Å². The first kappa shape index (κ1) is 18.0. The standard InChI is InChI=1S/C10H19BN2O2.C4H10/c11-7-13-9(14)6-12-10(15)8-4-2-1-3-5-8;1-4(2)3/h8H,1-7,11H2,(H,12,15)(H,13,14);4H,1-3H3. The first-order valence-corrected chi connectivity index (χ1v) is 7.51. The number of rotatable bonds is 4. The average molecular weight is 268 g/mol. The quantitative estimate of drug-likeness (QED) is 0.749. The van der Waals surface area contributed by atoms with Crippen LogP contribution in [0.25, 0.3) is 0 Å². The summed E-state index contributed by atoms with van der Waals surface area (Å²) in [7, 11) is 1.86. The van der Waals surface area contributed by atoms with E-state index < -0.39 is 0 Å². The zero-order valence-corrected chi connectivity index (χ0v) is 12.9. The predicted octanol–water partition coefficient (Wildman–Crippen LogP) is 1.05. The first-order valence-electron chi connectivity index (χ1n) is 7.51. The van der Waals surface area contributed by atoms with Crippen LogP contribution in [0.2, 0.25) is 0 Å². The van der Waals surface area contributed by atoms with Crippen LogP contribution in [0, 0.1) is 11.8 Å². The van der Waals surface area contributed by atoms with Gasteiger partial charge in [-0.25, -0.2) is 0 Å². The molecular weight excluding hydrogens is 239 g/mol. The predicted molar refractivity (Wildman–Crippen MR) is 81.7 cm³/mol. The first-order chi connectivity index (χ1) is 8.97. The zero-order chi connectivity index (χ0) is 14.7. The zero-order valence-electron chi connectivity index (χ0n) is 12.9. The number of hydrogen-bond acceptors (Lipinski definition) is 2. The lowest BCUT2D eigenvalue weighted by molar-refractivity contribution is -0.129. The van der Waals surface area contributed by atoms with E-state index in [1.54, 1.807) is 0 Å². The second-order valence-corrected chi connectivity index (χ2v) is 5.74. The largest absolute Gasteiger partial charge is 0.363 e. The number of hydrogen-bond donors (Lipinski definition) is 2. The highest BCUT2D eigenvalue weighted by Gasteiger charge is 2.20. The van der Waals surface area contributed by atoms with Crippen LogP contribution in [-0.2, 0) is 9.59 Å². The third kappa shape index (κ3) is 10.6. The molecule has 4 nitrogen and oxygen atoms in total. The van der Waals surface area contributed by atoms with Crippen LogP contribution in [-0.4, -0.2) is 32.6 Å². The highest BCUT2D eigenvalue weighted by molar-refractivity contribution is 6.10. The summed E-state index contributed by atoms with van der Waals surface area (Å²) in [6.07, 6.45) is 6.07. The molecule has 1 rings (SSSR count). The van der Waals surface area contributed by atoms with E-state index in [9.17, 15) is 9.59 Å². The topological polar surface area (TPSA) is 58.2 Å². The molecule has 1 aliphatic rings. The second kappa shape index (κ2) is 10.9. The van der Waals surface area contributed by atoms with E-state index in [2.05, 4.69) is 31.4 Å². The maximum Gasteiger partial charge on any atom is 0.238 e. The molecule has 0 radical (unpaired) electrons. The molecule has 2 N–H and O–H groups in total. The second-order valence-electron chi connectivity index (χ2n) is 5.74. The molecule has 0 spiro atoms. The lowest BCUT2D eigenvalue weighted by Gasteiger charge is -2.20. The minimum absolute atomic E-state index is 0.0425. The van der Waals surface area contributed by atoms with E-state index in [0.29, 0.717) is 6.44 Å². The maximum atomic E-state index is 11.6. The van der Waals surface area contributed by atoms with Gasteiger partial charge in [-0.15, -0.1) is 0 Å². The van der Waals surface area contributed by atoms with Crippen LogP contribution >= 0.6 is 0 Å². The summed E-state index contributed by atoms with van der Waals surface area (Å²) in [5, 5.41) is 5.34. The van der Waals surface area contributed by atoms with Crippen molar-refractivity contribution in [2.75, 3.05) is 13.0 Å². The molecule has 110 valence electrons. The third-order valence-corrected chi connectivity index (χ3v) is 2.77. The van der Waals surface area contributed by atoms with E-state index in [1.807, 2.05) is 7.85 Å². The Morgan fingerprint density at radius 3 is 2.11 bits per heavy atom. The maximum absolute atomic E-state index is 11.6. The summed E-state index contributed by atoms with van der Waals surface area (Å²) in [4.78, 5) is 22.7. The molecule has 0 aromatic carbocycles. The molecular formula is C14H29BN2O2. The van der Waals surface area contributed by atoms with Crippen LogP contribution in [0.15, 0.2) is 0 Å². The molecule has 0 unspecified atom stereocenters. The van der Waals surface area contributed by atoms with Gasteiger partial charge in [-0.3, -0.25) is 9.59 Å². The van der Waals surface area contributed by atoms with E-state index in [1.165, 1.54) is 6.42 Å². The van der Waals surface area contributed by atoms with E-state index in [0.717, 1.165) is 31.6 Å². The van der Waals surface area contributed by atoms with Crippen LogP contribution < -0.4 is 10.6 Å². The number of carbonyl (C=O) groups is 2. The van der Waals surface area contributed by atoms with Crippen LogP contribution in [0.4, 0.5) is 0 Å². The van der Waals surface area contributed by atoms with E-state index in [-0.39, 0.29) is 24.3 Å². The minimum Gasteiger partial charge on any atom is -0.363 e. The molecule has 0 saturated heterocycles. The van der Waals surface area contributed by atoms with Crippen molar-refractivity contribution >= 4 is 19.7 Å². The normalized spacial score (nSPS) is 15.4. The van der Waals surface area contributed by atoms with Crippen molar-refractivity contribution in [1.29, 1.82) is 0 Å². The van der Waals surface area contributed by atoms with Gasteiger partial charge in [0.15, 0.2) is 0 Å². The average Bonchev–Trinajstić information content (AvgIpc) is 2.37. The van der Waals surface area contributed by atoms with Gasteiger partial charge in [0.25, 0.3) is 0 Å².